The summed E-state index contributed by atoms with van der Waals surface area (Å²) < 4.78 is 0. The van der Waals surface area contributed by atoms with Gasteiger partial charge < -0.3 is 10.3 Å². The van der Waals surface area contributed by atoms with Crippen LogP contribution in [-0.2, 0) is 0 Å². The zero-order valence-corrected chi connectivity index (χ0v) is 9.45. The monoisotopic (exact) mass is 244 g/mol. The molecule has 0 spiro atoms. The van der Waals surface area contributed by atoms with E-state index in [0.717, 1.165) is 0 Å². The first-order valence-electron chi connectivity index (χ1n) is 5.31. The number of quaternary nitrogens is 1. The Bertz CT molecular complexity index is 550. The fourth-order valence-corrected chi connectivity index (χ4v) is 1.44. The molecule has 0 aliphatic carbocycles. The van der Waals surface area contributed by atoms with Crippen molar-refractivity contribution in [3.63, 3.8) is 0 Å². The van der Waals surface area contributed by atoms with E-state index < -0.39 is 5.23 Å². The van der Waals surface area contributed by atoms with Gasteiger partial charge in [0.05, 0.1) is 5.69 Å². The highest BCUT2D eigenvalue weighted by atomic mass is 16.8. The lowest BCUT2D eigenvalue weighted by Gasteiger charge is -2.11. The summed E-state index contributed by atoms with van der Waals surface area (Å²) in [7, 11) is 0. The lowest BCUT2D eigenvalue weighted by Crippen LogP contribution is -2.99. The molecule has 0 saturated heterocycles. The smallest absolute Gasteiger partial charge is 0.164 e. The number of aromatic hydroxyl groups is 1. The summed E-state index contributed by atoms with van der Waals surface area (Å²) in [6.07, 6.45) is 1.58. The molecule has 0 fully saturated rings. The standard InChI is InChI=1S/C13H12N2O3/c16-13-6-4-11(5-7-13)14-9-10-2-1-3-12(8-10)15(17)18/h1-9,15-17H. The molecular weight excluding hydrogens is 232 g/mol. The quantitative estimate of drug-likeness (QED) is 0.566. The highest BCUT2D eigenvalue weighted by Crippen LogP contribution is 2.16. The molecule has 0 bridgehead atoms. The number of nitrogens with one attached hydrogen (secondary N) is 1. The van der Waals surface area contributed by atoms with Gasteiger partial charge in [-0.15, -0.1) is 0 Å². The number of hydrogen-bond donors (Lipinski definition) is 3. The summed E-state index contributed by atoms with van der Waals surface area (Å²) in [5.41, 5.74) is 1.63. The molecule has 0 aliphatic heterocycles. The van der Waals surface area contributed by atoms with Crippen LogP contribution in [0.25, 0.3) is 0 Å². The van der Waals surface area contributed by atoms with Crippen LogP contribution in [-0.4, -0.2) is 16.5 Å². The summed E-state index contributed by atoms with van der Waals surface area (Å²) in [5, 5.41) is 27.8. The van der Waals surface area contributed by atoms with Crippen molar-refractivity contribution in [2.45, 2.75) is 0 Å². The van der Waals surface area contributed by atoms with Gasteiger partial charge in [0, 0.05) is 18.3 Å². The highest BCUT2D eigenvalue weighted by molar-refractivity contribution is 5.82. The minimum absolute atomic E-state index is 0.182. The van der Waals surface area contributed by atoms with E-state index in [4.69, 9.17) is 10.3 Å². The van der Waals surface area contributed by atoms with Crippen LogP contribution in [0.4, 0.5) is 11.4 Å². The van der Waals surface area contributed by atoms with Gasteiger partial charge in [0.2, 0.25) is 0 Å². The lowest BCUT2D eigenvalue weighted by molar-refractivity contribution is -0.991. The first-order valence-corrected chi connectivity index (χ1v) is 5.31. The number of nitrogens with zero attached hydrogens (tertiary/aromatic N) is 1. The second-order valence-electron chi connectivity index (χ2n) is 3.71. The van der Waals surface area contributed by atoms with Gasteiger partial charge in [-0.3, -0.25) is 4.99 Å². The van der Waals surface area contributed by atoms with Crippen LogP contribution in [0, 0.1) is 5.21 Å². The SMILES string of the molecule is [O-][NH+](O)c1cccc(C=Nc2ccc(O)cc2)c1. The Morgan fingerprint density at radius 1 is 1.11 bits per heavy atom. The molecule has 5 nitrogen and oxygen atoms in total. The maximum Gasteiger partial charge on any atom is 0.164 e. The summed E-state index contributed by atoms with van der Waals surface area (Å²) in [6, 6.07) is 12.9. The molecule has 0 aliphatic rings. The molecule has 3 N–H and O–H groups in total. The molecule has 1 unspecified atom stereocenters. The van der Waals surface area contributed by atoms with Crippen molar-refractivity contribution in [1.82, 2.24) is 0 Å². The number of hydrogen-bond acceptors (Lipinski definition) is 4. The van der Waals surface area contributed by atoms with Crippen LogP contribution in [0.15, 0.2) is 53.5 Å². The van der Waals surface area contributed by atoms with Crippen LogP contribution in [0.2, 0.25) is 0 Å². The molecule has 2 aromatic carbocycles. The molecule has 5 heteroatoms. The molecule has 2 rings (SSSR count). The zero-order chi connectivity index (χ0) is 13.0. The zero-order valence-electron chi connectivity index (χ0n) is 9.45. The number of benzene rings is 2. The Kier molecular flexibility index (Phi) is 3.69. The number of phenolic OH excluding ortho intramolecular Hbond substituents is 1. The van der Waals surface area contributed by atoms with Crippen LogP contribution < -0.4 is 5.23 Å². The maximum atomic E-state index is 10.8. The Morgan fingerprint density at radius 3 is 2.50 bits per heavy atom. The molecule has 2 aromatic rings. The van der Waals surface area contributed by atoms with Crippen LogP contribution >= 0.6 is 0 Å². The fraction of sp³-hybridized carbons (Fsp3) is 0. The molecule has 0 amide bonds. The van der Waals surface area contributed by atoms with E-state index in [1.165, 1.54) is 6.07 Å². The number of rotatable bonds is 3. The Balaban J connectivity index is 2.18. The molecule has 0 radical (unpaired) electrons. The number of aliphatic imine (C=N–C) groups is 1. The molecule has 18 heavy (non-hydrogen) atoms. The van der Waals surface area contributed by atoms with Crippen molar-refractivity contribution >= 4 is 17.6 Å². The van der Waals surface area contributed by atoms with Gasteiger partial charge in [0.15, 0.2) is 5.69 Å². The highest BCUT2D eigenvalue weighted by Gasteiger charge is 1.99. The first-order chi connectivity index (χ1) is 8.65. The Morgan fingerprint density at radius 2 is 1.83 bits per heavy atom. The van der Waals surface area contributed by atoms with Gasteiger partial charge in [0.25, 0.3) is 0 Å². The van der Waals surface area contributed by atoms with Gasteiger partial charge in [0.1, 0.15) is 5.75 Å². The van der Waals surface area contributed by atoms with Crippen LogP contribution in [0.5, 0.6) is 5.75 Å². The average Bonchev–Trinajstić information content (AvgIpc) is 2.38. The van der Waals surface area contributed by atoms with Crippen molar-refractivity contribution in [2.75, 3.05) is 0 Å². The van der Waals surface area contributed by atoms with Crippen molar-refractivity contribution in [3.8, 4) is 5.75 Å². The molecule has 0 heterocycles. The van der Waals surface area contributed by atoms with E-state index in [-0.39, 0.29) is 11.4 Å². The molecular formula is C13H12N2O3. The van der Waals surface area contributed by atoms with Gasteiger partial charge in [-0.05, 0) is 29.8 Å². The molecule has 0 aromatic heterocycles. The third-order valence-electron chi connectivity index (χ3n) is 2.35. The van der Waals surface area contributed by atoms with Crippen LogP contribution in [0.3, 0.4) is 0 Å². The van der Waals surface area contributed by atoms with E-state index in [1.807, 2.05) is 0 Å². The van der Waals surface area contributed by atoms with E-state index >= 15 is 0 Å². The Labute approximate surface area is 104 Å². The third kappa shape index (κ3) is 3.14. The summed E-state index contributed by atoms with van der Waals surface area (Å²) in [5.74, 6) is 0.182. The first kappa shape index (κ1) is 12.3. The maximum absolute atomic E-state index is 10.8. The van der Waals surface area contributed by atoms with Crippen molar-refractivity contribution in [2.24, 2.45) is 4.99 Å². The largest absolute Gasteiger partial charge is 0.595 e. The van der Waals surface area contributed by atoms with E-state index in [0.29, 0.717) is 11.3 Å². The van der Waals surface area contributed by atoms with E-state index in [1.54, 1.807) is 48.7 Å². The summed E-state index contributed by atoms with van der Waals surface area (Å²) in [4.78, 5) is 4.19. The van der Waals surface area contributed by atoms with Gasteiger partial charge in [-0.25, -0.2) is 5.21 Å². The van der Waals surface area contributed by atoms with Gasteiger partial charge >= 0.3 is 0 Å². The topological polar surface area (TPSA) is 80.3 Å². The predicted octanol–water partition coefficient (Wildman–Crippen LogP) is 1.55. The molecule has 92 valence electrons. The van der Waals surface area contributed by atoms with Crippen molar-refractivity contribution in [1.29, 1.82) is 0 Å². The minimum atomic E-state index is -0.963. The second kappa shape index (κ2) is 5.42. The van der Waals surface area contributed by atoms with Gasteiger partial charge in [-0.2, -0.15) is 5.23 Å². The van der Waals surface area contributed by atoms with Crippen molar-refractivity contribution in [3.05, 3.63) is 59.3 Å². The van der Waals surface area contributed by atoms with E-state index in [2.05, 4.69) is 4.99 Å². The summed E-state index contributed by atoms with van der Waals surface area (Å²) in [6.45, 7) is 0. The van der Waals surface area contributed by atoms with Gasteiger partial charge in [-0.1, -0.05) is 12.1 Å². The minimum Gasteiger partial charge on any atom is -0.595 e. The Hall–Kier alpha value is -2.21. The second-order valence-corrected chi connectivity index (χ2v) is 3.71. The third-order valence-corrected chi connectivity index (χ3v) is 2.35. The fourth-order valence-electron chi connectivity index (χ4n) is 1.44. The van der Waals surface area contributed by atoms with Crippen LogP contribution in [0.1, 0.15) is 5.56 Å². The van der Waals surface area contributed by atoms with E-state index in [9.17, 15) is 5.21 Å². The predicted molar refractivity (Wildman–Crippen MR) is 67.6 cm³/mol. The lowest BCUT2D eigenvalue weighted by atomic mass is 10.2. The molecule has 0 saturated carbocycles. The number of phenols is 1. The molecule has 1 atom stereocenters. The normalized spacial score (nSPS) is 12.8. The summed E-state index contributed by atoms with van der Waals surface area (Å²) >= 11 is 0. The van der Waals surface area contributed by atoms with Crippen molar-refractivity contribution < 1.29 is 15.5 Å². The average molecular weight is 244 g/mol.